The van der Waals surface area contributed by atoms with Crippen molar-refractivity contribution in [3.8, 4) is 45.2 Å². The molecule has 0 amide bonds. The molecule has 0 atom stereocenters. The first-order valence-electron chi connectivity index (χ1n) is 9.23. The molecule has 5 rings (SSSR count). The highest BCUT2D eigenvalue weighted by Gasteiger charge is 2.25. The summed E-state index contributed by atoms with van der Waals surface area (Å²) in [6, 6.07) is 31.9. The average molecular weight is 342 g/mol. The number of aryl methyl sites for hydroxylation is 1. The van der Waals surface area contributed by atoms with Gasteiger partial charge in [0.25, 0.3) is 0 Å². The quantitative estimate of drug-likeness (QED) is 0.297. The van der Waals surface area contributed by atoms with Crippen molar-refractivity contribution >= 4 is 0 Å². The van der Waals surface area contributed by atoms with Gasteiger partial charge in [0.05, 0.1) is 0 Å². The van der Waals surface area contributed by atoms with Gasteiger partial charge >= 0.3 is 0 Å². The molecule has 0 nitrogen and oxygen atoms in total. The Labute approximate surface area is 160 Å². The Bertz CT molecular complexity index is 1230. The molecular weight excluding hydrogens is 324 g/mol. The van der Waals surface area contributed by atoms with Gasteiger partial charge < -0.3 is 0 Å². The predicted molar refractivity (Wildman–Crippen MR) is 113 cm³/mol. The van der Waals surface area contributed by atoms with E-state index in [1.807, 2.05) is 6.07 Å². The molecule has 0 aliphatic heterocycles. The molecule has 0 N–H and O–H groups in total. The molecule has 4 aromatic carbocycles. The molecule has 0 spiro atoms. The summed E-state index contributed by atoms with van der Waals surface area (Å²) < 4.78 is 0. The summed E-state index contributed by atoms with van der Waals surface area (Å²) in [5.41, 5.74) is 11.2. The van der Waals surface area contributed by atoms with Crippen LogP contribution in [0.25, 0.3) is 33.4 Å². The molecular formula is C27H18. The van der Waals surface area contributed by atoms with Gasteiger partial charge in [-0.25, -0.2) is 0 Å². The van der Waals surface area contributed by atoms with Crippen LogP contribution in [0.1, 0.15) is 16.7 Å². The number of hydrogen-bond acceptors (Lipinski definition) is 0. The van der Waals surface area contributed by atoms with Gasteiger partial charge in [0.2, 0.25) is 0 Å². The fourth-order valence-electron chi connectivity index (χ4n) is 3.84. The molecule has 0 heteroatoms. The predicted octanol–water partition coefficient (Wildman–Crippen LogP) is 6.71. The monoisotopic (exact) mass is 342 g/mol. The van der Waals surface area contributed by atoms with Crippen molar-refractivity contribution in [2.45, 2.75) is 6.92 Å². The summed E-state index contributed by atoms with van der Waals surface area (Å²) in [4.78, 5) is 0. The fourth-order valence-corrected chi connectivity index (χ4v) is 3.84. The van der Waals surface area contributed by atoms with Crippen molar-refractivity contribution in [3.63, 3.8) is 0 Å². The van der Waals surface area contributed by atoms with Crippen LogP contribution in [0.15, 0.2) is 91.0 Å². The van der Waals surface area contributed by atoms with Crippen LogP contribution in [-0.2, 0) is 0 Å². The highest BCUT2D eigenvalue weighted by atomic mass is 14.3. The first-order valence-corrected chi connectivity index (χ1v) is 9.23. The van der Waals surface area contributed by atoms with Crippen molar-refractivity contribution in [3.05, 3.63) is 108 Å². The van der Waals surface area contributed by atoms with Crippen LogP contribution < -0.4 is 0 Å². The Morgan fingerprint density at radius 1 is 0.444 bits per heavy atom. The van der Waals surface area contributed by atoms with E-state index in [0.717, 1.165) is 11.1 Å². The van der Waals surface area contributed by atoms with Gasteiger partial charge in [-0.1, -0.05) is 90.7 Å². The lowest BCUT2D eigenvalue weighted by Crippen LogP contribution is -2.01. The molecule has 1 aliphatic rings. The second-order valence-corrected chi connectivity index (χ2v) is 6.88. The fraction of sp³-hybridized carbons (Fsp3) is 0.0370. The Morgan fingerprint density at radius 2 is 0.963 bits per heavy atom. The Morgan fingerprint density at radius 3 is 1.74 bits per heavy atom. The molecule has 1 aliphatic carbocycles. The zero-order valence-corrected chi connectivity index (χ0v) is 15.2. The smallest absolute Gasteiger partial charge is 0.0327 e. The number of hydrogen-bond donors (Lipinski definition) is 0. The SMILES string of the molecule is Cc1ccccc1C#Cc1ccccc1-c1cccc2c1-c1ccccc1-2. The molecule has 0 saturated heterocycles. The maximum atomic E-state index is 3.41. The van der Waals surface area contributed by atoms with Crippen LogP contribution in [-0.4, -0.2) is 0 Å². The zero-order valence-electron chi connectivity index (χ0n) is 15.2. The number of rotatable bonds is 1. The molecule has 0 heterocycles. The summed E-state index contributed by atoms with van der Waals surface area (Å²) in [7, 11) is 0. The van der Waals surface area contributed by atoms with Crippen LogP contribution in [0.2, 0.25) is 0 Å². The van der Waals surface area contributed by atoms with Crippen molar-refractivity contribution in [1.29, 1.82) is 0 Å². The summed E-state index contributed by atoms with van der Waals surface area (Å²) in [6.07, 6.45) is 0. The van der Waals surface area contributed by atoms with Crippen LogP contribution in [0.4, 0.5) is 0 Å². The lowest BCUT2D eigenvalue weighted by molar-refractivity contribution is 1.44. The van der Waals surface area contributed by atoms with Crippen molar-refractivity contribution < 1.29 is 0 Å². The second kappa shape index (κ2) is 6.31. The Hall–Kier alpha value is -3.56. The largest absolute Gasteiger partial charge is 0.0619 e. The maximum absolute atomic E-state index is 3.41. The van der Waals surface area contributed by atoms with E-state index in [4.69, 9.17) is 0 Å². The van der Waals surface area contributed by atoms with E-state index in [1.165, 1.54) is 38.9 Å². The Kier molecular flexibility index (Phi) is 3.66. The molecule has 27 heavy (non-hydrogen) atoms. The van der Waals surface area contributed by atoms with E-state index in [1.54, 1.807) is 0 Å². The standard InChI is InChI=1S/C27H18/c1-19-9-2-3-10-20(19)17-18-21-11-4-5-12-22(21)24-15-8-16-26-23-13-6-7-14-25(23)27(24)26/h2-16H,1H3. The third-order valence-corrected chi connectivity index (χ3v) is 5.25. The summed E-state index contributed by atoms with van der Waals surface area (Å²) in [6.45, 7) is 2.10. The van der Waals surface area contributed by atoms with E-state index in [2.05, 4.69) is 104 Å². The molecule has 4 aromatic rings. The van der Waals surface area contributed by atoms with Crippen molar-refractivity contribution in [1.82, 2.24) is 0 Å². The highest BCUT2D eigenvalue weighted by Crippen LogP contribution is 2.51. The zero-order chi connectivity index (χ0) is 18.2. The molecule has 0 bridgehead atoms. The third-order valence-electron chi connectivity index (χ3n) is 5.25. The number of benzene rings is 4. The van der Waals surface area contributed by atoms with Gasteiger partial charge in [-0.2, -0.15) is 0 Å². The van der Waals surface area contributed by atoms with E-state index in [0.29, 0.717) is 0 Å². The van der Waals surface area contributed by atoms with Crippen LogP contribution in [0, 0.1) is 18.8 Å². The van der Waals surface area contributed by atoms with Gasteiger partial charge in [-0.3, -0.25) is 0 Å². The first kappa shape index (κ1) is 15.7. The lowest BCUT2D eigenvalue weighted by atomic mass is 9.76. The van der Waals surface area contributed by atoms with Crippen molar-refractivity contribution in [2.75, 3.05) is 0 Å². The maximum Gasteiger partial charge on any atom is 0.0327 e. The highest BCUT2D eigenvalue weighted by molar-refractivity contribution is 6.09. The second-order valence-electron chi connectivity index (χ2n) is 6.88. The van der Waals surface area contributed by atoms with Crippen molar-refractivity contribution in [2.24, 2.45) is 0 Å². The molecule has 126 valence electrons. The van der Waals surface area contributed by atoms with Crippen LogP contribution in [0.3, 0.4) is 0 Å². The van der Waals surface area contributed by atoms with E-state index in [-0.39, 0.29) is 0 Å². The van der Waals surface area contributed by atoms with Crippen LogP contribution in [0.5, 0.6) is 0 Å². The van der Waals surface area contributed by atoms with Crippen LogP contribution >= 0.6 is 0 Å². The van der Waals surface area contributed by atoms with E-state index in [9.17, 15) is 0 Å². The molecule has 0 saturated carbocycles. The van der Waals surface area contributed by atoms with E-state index < -0.39 is 0 Å². The van der Waals surface area contributed by atoms with Gasteiger partial charge in [0.1, 0.15) is 0 Å². The minimum absolute atomic E-state index is 1.07. The normalized spacial score (nSPS) is 10.9. The molecule has 0 radical (unpaired) electrons. The topological polar surface area (TPSA) is 0 Å². The third kappa shape index (κ3) is 2.57. The average Bonchev–Trinajstić information content (AvgIpc) is 2.71. The summed E-state index contributed by atoms with van der Waals surface area (Å²) >= 11 is 0. The minimum Gasteiger partial charge on any atom is -0.0619 e. The molecule has 0 aromatic heterocycles. The molecule has 0 fully saturated rings. The van der Waals surface area contributed by atoms with Gasteiger partial charge in [0, 0.05) is 11.1 Å². The number of fused-ring (bicyclic) bond motifs is 4. The minimum atomic E-state index is 1.07. The Balaban J connectivity index is 1.64. The lowest BCUT2D eigenvalue weighted by Gasteiger charge is -2.27. The van der Waals surface area contributed by atoms with E-state index >= 15 is 0 Å². The summed E-state index contributed by atoms with van der Waals surface area (Å²) in [5.74, 6) is 6.77. The molecule has 0 unspecified atom stereocenters. The summed E-state index contributed by atoms with van der Waals surface area (Å²) in [5, 5.41) is 0. The first-order chi connectivity index (χ1) is 13.3. The van der Waals surface area contributed by atoms with Gasteiger partial charge in [0.15, 0.2) is 0 Å². The van der Waals surface area contributed by atoms with Gasteiger partial charge in [-0.05, 0) is 58.0 Å². The van der Waals surface area contributed by atoms with Gasteiger partial charge in [-0.15, -0.1) is 0 Å².